The molecule has 3 rings (SSSR count). The van der Waals surface area contributed by atoms with Crippen molar-refractivity contribution in [2.45, 2.75) is 13.0 Å². The number of amides is 1. The molecule has 0 radical (unpaired) electrons. The van der Waals surface area contributed by atoms with Gasteiger partial charge in [0.25, 0.3) is 0 Å². The molecule has 0 saturated carbocycles. The number of imidazole rings is 1. The fourth-order valence-electron chi connectivity index (χ4n) is 1.93. The number of fused-ring (bicyclic) bond motifs is 1. The van der Waals surface area contributed by atoms with Gasteiger partial charge in [0, 0.05) is 12.4 Å². The molecule has 0 unspecified atom stereocenters. The summed E-state index contributed by atoms with van der Waals surface area (Å²) in [6, 6.07) is 6.45. The van der Waals surface area contributed by atoms with Gasteiger partial charge in [-0.1, -0.05) is 0 Å². The molecule has 0 aliphatic rings. The van der Waals surface area contributed by atoms with Gasteiger partial charge in [0.05, 0.1) is 24.9 Å². The average molecular weight is 273 g/mol. The summed E-state index contributed by atoms with van der Waals surface area (Å²) in [5, 5.41) is 2.73. The molecule has 5 nitrogen and oxygen atoms in total. The molecule has 3 aromatic rings. The molecule has 0 aromatic carbocycles. The van der Waals surface area contributed by atoms with Gasteiger partial charge in [-0.25, -0.2) is 9.37 Å². The SMILES string of the molecule is O=C(Cc1cn2cc(F)ccc2n1)NCc1ccco1. The van der Waals surface area contributed by atoms with Gasteiger partial charge in [0.15, 0.2) is 0 Å². The highest BCUT2D eigenvalue weighted by Gasteiger charge is 2.08. The highest BCUT2D eigenvalue weighted by molar-refractivity contribution is 5.78. The van der Waals surface area contributed by atoms with E-state index in [4.69, 9.17) is 4.42 Å². The number of nitrogens with one attached hydrogen (secondary N) is 1. The summed E-state index contributed by atoms with van der Waals surface area (Å²) < 4.78 is 19.7. The van der Waals surface area contributed by atoms with Crippen molar-refractivity contribution in [3.63, 3.8) is 0 Å². The first kappa shape index (κ1) is 12.4. The number of hydrogen-bond acceptors (Lipinski definition) is 3. The van der Waals surface area contributed by atoms with Crippen molar-refractivity contribution >= 4 is 11.6 Å². The number of aromatic nitrogens is 2. The second-order valence-corrected chi connectivity index (χ2v) is 4.38. The number of halogens is 1. The molecule has 0 bridgehead atoms. The minimum absolute atomic E-state index is 0.143. The third-order valence-corrected chi connectivity index (χ3v) is 2.85. The topological polar surface area (TPSA) is 59.5 Å². The van der Waals surface area contributed by atoms with Gasteiger partial charge in [-0.15, -0.1) is 0 Å². The minimum atomic E-state index is -0.344. The summed E-state index contributed by atoms with van der Waals surface area (Å²) in [6.07, 6.45) is 4.67. The third kappa shape index (κ3) is 2.69. The van der Waals surface area contributed by atoms with Crippen LogP contribution in [-0.4, -0.2) is 15.3 Å². The van der Waals surface area contributed by atoms with Gasteiger partial charge in [0.2, 0.25) is 5.91 Å². The van der Waals surface area contributed by atoms with Gasteiger partial charge in [-0.05, 0) is 24.3 Å². The number of nitrogens with zero attached hydrogens (tertiary/aromatic N) is 2. The summed E-state index contributed by atoms with van der Waals surface area (Å²) in [6.45, 7) is 0.341. The molecule has 102 valence electrons. The van der Waals surface area contributed by atoms with Crippen LogP contribution in [0.3, 0.4) is 0 Å². The molecule has 3 aromatic heterocycles. The van der Waals surface area contributed by atoms with Crippen LogP contribution in [0.2, 0.25) is 0 Å². The Labute approximate surface area is 114 Å². The van der Waals surface area contributed by atoms with Crippen LogP contribution in [-0.2, 0) is 17.8 Å². The smallest absolute Gasteiger partial charge is 0.226 e. The van der Waals surface area contributed by atoms with Gasteiger partial charge in [-0.3, -0.25) is 4.79 Å². The lowest BCUT2D eigenvalue weighted by atomic mass is 10.3. The maximum Gasteiger partial charge on any atom is 0.226 e. The Kier molecular flexibility index (Phi) is 3.20. The minimum Gasteiger partial charge on any atom is -0.467 e. The van der Waals surface area contributed by atoms with Crippen molar-refractivity contribution in [3.8, 4) is 0 Å². The Hall–Kier alpha value is -2.63. The first-order chi connectivity index (χ1) is 9.70. The quantitative estimate of drug-likeness (QED) is 0.790. The molecule has 0 fully saturated rings. The van der Waals surface area contributed by atoms with E-state index in [-0.39, 0.29) is 18.1 Å². The van der Waals surface area contributed by atoms with Crippen molar-refractivity contribution in [2.24, 2.45) is 0 Å². The van der Waals surface area contributed by atoms with Crippen LogP contribution in [0.5, 0.6) is 0 Å². The Balaban J connectivity index is 1.65. The standard InChI is InChI=1S/C14H12FN3O2/c15-10-3-4-13-17-11(9-18(13)8-10)6-14(19)16-7-12-2-1-5-20-12/h1-5,8-9H,6-7H2,(H,16,19). The van der Waals surface area contributed by atoms with E-state index < -0.39 is 0 Å². The lowest BCUT2D eigenvalue weighted by Crippen LogP contribution is -2.24. The van der Waals surface area contributed by atoms with Crippen molar-refractivity contribution in [1.82, 2.24) is 14.7 Å². The maximum atomic E-state index is 13.0. The average Bonchev–Trinajstić information content (AvgIpc) is 3.04. The lowest BCUT2D eigenvalue weighted by molar-refractivity contribution is -0.120. The van der Waals surface area contributed by atoms with Gasteiger partial charge in [-0.2, -0.15) is 0 Å². The second kappa shape index (κ2) is 5.16. The van der Waals surface area contributed by atoms with Crippen molar-refractivity contribution in [2.75, 3.05) is 0 Å². The molecule has 0 aliphatic heterocycles. The molecule has 0 atom stereocenters. The lowest BCUT2D eigenvalue weighted by Gasteiger charge is -2.00. The van der Waals surface area contributed by atoms with Crippen LogP contribution in [0.4, 0.5) is 4.39 Å². The van der Waals surface area contributed by atoms with Crippen molar-refractivity contribution < 1.29 is 13.6 Å². The van der Waals surface area contributed by atoms with Gasteiger partial charge in [0.1, 0.15) is 17.2 Å². The summed E-state index contributed by atoms with van der Waals surface area (Å²) in [5.74, 6) is 0.185. The molecule has 1 N–H and O–H groups in total. The van der Waals surface area contributed by atoms with Crippen LogP contribution in [0, 0.1) is 5.82 Å². The predicted molar refractivity (Wildman–Crippen MR) is 69.4 cm³/mol. The van der Waals surface area contributed by atoms with Crippen molar-refractivity contribution in [1.29, 1.82) is 0 Å². The summed E-state index contributed by atoms with van der Waals surface area (Å²) in [5.41, 5.74) is 1.20. The van der Waals surface area contributed by atoms with Crippen molar-refractivity contribution in [3.05, 3.63) is 60.2 Å². The zero-order valence-electron chi connectivity index (χ0n) is 10.5. The number of carbonyl (C=O) groups excluding carboxylic acids is 1. The summed E-state index contributed by atoms with van der Waals surface area (Å²) >= 11 is 0. The van der Waals surface area contributed by atoms with Gasteiger partial charge >= 0.3 is 0 Å². The summed E-state index contributed by atoms with van der Waals surface area (Å²) in [7, 11) is 0. The first-order valence-electron chi connectivity index (χ1n) is 6.13. The maximum absolute atomic E-state index is 13.0. The highest BCUT2D eigenvalue weighted by atomic mass is 19.1. The molecule has 0 spiro atoms. The molecule has 0 saturated heterocycles. The van der Waals surface area contributed by atoms with Gasteiger partial charge < -0.3 is 14.1 Å². The van der Waals surface area contributed by atoms with E-state index in [0.717, 1.165) is 0 Å². The van der Waals surface area contributed by atoms with Crippen LogP contribution in [0.25, 0.3) is 5.65 Å². The second-order valence-electron chi connectivity index (χ2n) is 4.38. The zero-order valence-corrected chi connectivity index (χ0v) is 10.5. The van der Waals surface area contributed by atoms with Crippen LogP contribution >= 0.6 is 0 Å². The Bertz CT molecular complexity index is 734. The molecule has 6 heteroatoms. The van der Waals surface area contributed by atoms with Crippen LogP contribution < -0.4 is 5.32 Å². The molecule has 0 aliphatic carbocycles. The fourth-order valence-corrected chi connectivity index (χ4v) is 1.93. The van der Waals surface area contributed by atoms with E-state index in [0.29, 0.717) is 23.6 Å². The normalized spacial score (nSPS) is 10.8. The number of pyridine rings is 1. The van der Waals surface area contributed by atoms with E-state index in [1.807, 2.05) is 0 Å². The molecular weight excluding hydrogens is 261 g/mol. The Morgan fingerprint density at radius 3 is 3.05 bits per heavy atom. The number of furan rings is 1. The van der Waals surface area contributed by atoms with E-state index in [2.05, 4.69) is 10.3 Å². The number of carbonyl (C=O) groups is 1. The number of rotatable bonds is 4. The molecule has 3 heterocycles. The third-order valence-electron chi connectivity index (χ3n) is 2.85. The largest absolute Gasteiger partial charge is 0.467 e. The monoisotopic (exact) mass is 273 g/mol. The molecular formula is C14H12FN3O2. The Morgan fingerprint density at radius 2 is 2.25 bits per heavy atom. The van der Waals surface area contributed by atoms with Crippen LogP contribution in [0.1, 0.15) is 11.5 Å². The predicted octanol–water partition coefficient (Wildman–Crippen LogP) is 1.93. The number of hydrogen-bond donors (Lipinski definition) is 1. The highest BCUT2D eigenvalue weighted by Crippen LogP contribution is 2.07. The fraction of sp³-hybridized carbons (Fsp3) is 0.143. The Morgan fingerprint density at radius 1 is 1.35 bits per heavy atom. The van der Waals surface area contributed by atoms with E-state index in [9.17, 15) is 9.18 Å². The molecule has 20 heavy (non-hydrogen) atoms. The van der Waals surface area contributed by atoms with E-state index in [1.165, 1.54) is 12.3 Å². The zero-order chi connectivity index (χ0) is 13.9. The van der Waals surface area contributed by atoms with E-state index in [1.54, 1.807) is 35.1 Å². The van der Waals surface area contributed by atoms with E-state index >= 15 is 0 Å². The van der Waals surface area contributed by atoms with Crippen LogP contribution in [0.15, 0.2) is 47.3 Å². The molecule has 1 amide bonds. The summed E-state index contributed by atoms with van der Waals surface area (Å²) in [4.78, 5) is 16.0. The first-order valence-corrected chi connectivity index (χ1v) is 6.13.